The van der Waals surface area contributed by atoms with Crippen LogP contribution in [-0.4, -0.2) is 40.3 Å². The van der Waals surface area contributed by atoms with E-state index in [2.05, 4.69) is 11.0 Å². The van der Waals surface area contributed by atoms with E-state index in [1.807, 2.05) is 12.1 Å². The summed E-state index contributed by atoms with van der Waals surface area (Å²) in [5.74, 6) is 2.50. The van der Waals surface area contributed by atoms with Crippen molar-refractivity contribution in [3.8, 4) is 5.75 Å². The minimum atomic E-state index is -0.364. The minimum Gasteiger partial charge on any atom is -0.508 e. The number of aliphatic hydroxyl groups is 1. The van der Waals surface area contributed by atoms with Gasteiger partial charge in [-0.3, -0.25) is 0 Å². The highest BCUT2D eigenvalue weighted by molar-refractivity contribution is 5.32. The summed E-state index contributed by atoms with van der Waals surface area (Å²) in [5.41, 5.74) is 0.973. The van der Waals surface area contributed by atoms with Crippen molar-refractivity contribution in [3.63, 3.8) is 0 Å². The predicted octanol–water partition coefficient (Wildman–Crippen LogP) is 4.29. The number of rotatable bonds is 5. The number of aromatic hydroxyl groups is 1. The Kier molecular flexibility index (Phi) is 5.06. The van der Waals surface area contributed by atoms with Gasteiger partial charge in [0, 0.05) is 13.1 Å². The van der Waals surface area contributed by atoms with Crippen molar-refractivity contribution in [1.29, 1.82) is 0 Å². The SMILES string of the molecule is Oc1cccc(C2C3CCC2CN(CCCC2(O)CCCCC2)C3)c1. The van der Waals surface area contributed by atoms with Crippen LogP contribution in [0.15, 0.2) is 24.3 Å². The molecule has 3 heteroatoms. The molecule has 3 fully saturated rings. The Hall–Kier alpha value is -1.06. The molecule has 1 aliphatic heterocycles. The Balaban J connectivity index is 1.31. The van der Waals surface area contributed by atoms with Crippen molar-refractivity contribution in [1.82, 2.24) is 4.90 Å². The molecule has 0 amide bonds. The number of hydrogen-bond acceptors (Lipinski definition) is 3. The van der Waals surface area contributed by atoms with Crippen LogP contribution in [0.3, 0.4) is 0 Å². The molecule has 3 aliphatic rings. The summed E-state index contributed by atoms with van der Waals surface area (Å²) in [6.07, 6.45) is 10.5. The van der Waals surface area contributed by atoms with Crippen LogP contribution in [0.2, 0.25) is 0 Å². The first kappa shape index (κ1) is 17.4. The lowest BCUT2D eigenvalue weighted by atomic mass is 9.79. The van der Waals surface area contributed by atoms with Crippen LogP contribution < -0.4 is 0 Å². The van der Waals surface area contributed by atoms with E-state index in [1.165, 1.54) is 50.8 Å². The molecule has 4 rings (SSSR count). The molecule has 138 valence electrons. The Morgan fingerprint density at radius 3 is 2.44 bits per heavy atom. The highest BCUT2D eigenvalue weighted by Gasteiger charge is 2.42. The molecule has 2 saturated carbocycles. The van der Waals surface area contributed by atoms with E-state index in [9.17, 15) is 10.2 Å². The van der Waals surface area contributed by atoms with E-state index in [0.29, 0.717) is 11.7 Å². The van der Waals surface area contributed by atoms with Gasteiger partial charge < -0.3 is 15.1 Å². The van der Waals surface area contributed by atoms with E-state index in [4.69, 9.17) is 0 Å². The van der Waals surface area contributed by atoms with Crippen molar-refractivity contribution in [2.24, 2.45) is 11.8 Å². The quantitative estimate of drug-likeness (QED) is 0.838. The molecular weight excluding hydrogens is 310 g/mol. The van der Waals surface area contributed by atoms with Gasteiger partial charge in [-0.2, -0.15) is 0 Å². The molecule has 1 aromatic rings. The van der Waals surface area contributed by atoms with Gasteiger partial charge in [-0.1, -0.05) is 31.4 Å². The Bertz CT molecular complexity index is 567. The molecule has 2 N–H and O–H groups in total. The predicted molar refractivity (Wildman–Crippen MR) is 101 cm³/mol. The molecule has 1 heterocycles. The normalized spacial score (nSPS) is 32.0. The number of hydrogen-bond donors (Lipinski definition) is 2. The van der Waals surface area contributed by atoms with E-state index in [1.54, 1.807) is 6.07 Å². The number of phenolic OH excluding ortho intramolecular Hbond substituents is 1. The number of piperidine rings is 1. The summed E-state index contributed by atoms with van der Waals surface area (Å²) < 4.78 is 0. The van der Waals surface area contributed by atoms with Gasteiger partial charge in [-0.15, -0.1) is 0 Å². The average molecular weight is 344 g/mol. The Morgan fingerprint density at radius 2 is 1.76 bits per heavy atom. The van der Waals surface area contributed by atoms with Crippen molar-refractivity contribution in [2.45, 2.75) is 69.3 Å². The van der Waals surface area contributed by atoms with E-state index in [0.717, 1.165) is 44.1 Å². The molecule has 25 heavy (non-hydrogen) atoms. The summed E-state index contributed by atoms with van der Waals surface area (Å²) in [6, 6.07) is 7.94. The second-order valence-corrected chi connectivity index (χ2v) is 8.87. The smallest absolute Gasteiger partial charge is 0.115 e. The van der Waals surface area contributed by atoms with Crippen molar-refractivity contribution >= 4 is 0 Å². The molecule has 2 aliphatic carbocycles. The third-order valence-electron chi connectivity index (χ3n) is 7.07. The average Bonchev–Trinajstić information content (AvgIpc) is 2.86. The zero-order valence-electron chi connectivity index (χ0n) is 15.4. The zero-order valence-corrected chi connectivity index (χ0v) is 15.4. The van der Waals surface area contributed by atoms with Gasteiger partial charge in [0.2, 0.25) is 0 Å². The highest BCUT2D eigenvalue weighted by atomic mass is 16.3. The molecule has 2 bridgehead atoms. The highest BCUT2D eigenvalue weighted by Crippen LogP contribution is 2.48. The molecule has 0 aromatic heterocycles. The van der Waals surface area contributed by atoms with Crippen LogP contribution in [0.4, 0.5) is 0 Å². The van der Waals surface area contributed by atoms with Gasteiger partial charge >= 0.3 is 0 Å². The monoisotopic (exact) mass is 343 g/mol. The molecule has 2 unspecified atom stereocenters. The van der Waals surface area contributed by atoms with Crippen LogP contribution in [0.25, 0.3) is 0 Å². The Labute approximate surface area is 152 Å². The fourth-order valence-electron chi connectivity index (χ4n) is 5.87. The van der Waals surface area contributed by atoms with Gasteiger partial charge in [0.25, 0.3) is 0 Å². The maximum absolute atomic E-state index is 10.7. The largest absolute Gasteiger partial charge is 0.508 e. The Morgan fingerprint density at radius 1 is 1.04 bits per heavy atom. The number of fused-ring (bicyclic) bond motifs is 2. The molecular formula is C22H33NO2. The number of likely N-dealkylation sites (tertiary alicyclic amines) is 1. The fraction of sp³-hybridized carbons (Fsp3) is 0.727. The summed E-state index contributed by atoms with van der Waals surface area (Å²) in [4.78, 5) is 2.65. The van der Waals surface area contributed by atoms with Gasteiger partial charge in [-0.25, -0.2) is 0 Å². The number of benzene rings is 1. The van der Waals surface area contributed by atoms with Crippen LogP contribution >= 0.6 is 0 Å². The third kappa shape index (κ3) is 3.88. The van der Waals surface area contributed by atoms with E-state index < -0.39 is 0 Å². The molecule has 3 nitrogen and oxygen atoms in total. The van der Waals surface area contributed by atoms with Gasteiger partial charge in [0.1, 0.15) is 5.75 Å². The van der Waals surface area contributed by atoms with Crippen molar-refractivity contribution in [3.05, 3.63) is 29.8 Å². The molecule has 0 radical (unpaired) electrons. The summed E-state index contributed by atoms with van der Waals surface area (Å²) in [5, 5.41) is 20.5. The van der Waals surface area contributed by atoms with E-state index in [-0.39, 0.29) is 5.60 Å². The molecule has 1 aromatic carbocycles. The number of phenols is 1. The lowest BCUT2D eigenvalue weighted by molar-refractivity contribution is -0.00849. The summed E-state index contributed by atoms with van der Waals surface area (Å²) in [7, 11) is 0. The van der Waals surface area contributed by atoms with Crippen LogP contribution in [0.5, 0.6) is 5.75 Å². The third-order valence-corrected chi connectivity index (χ3v) is 7.07. The van der Waals surface area contributed by atoms with E-state index >= 15 is 0 Å². The molecule has 1 saturated heterocycles. The zero-order chi connectivity index (χ0) is 17.3. The maximum Gasteiger partial charge on any atom is 0.115 e. The van der Waals surface area contributed by atoms with Gasteiger partial charge in [-0.05, 0) is 80.5 Å². The van der Waals surface area contributed by atoms with Crippen molar-refractivity contribution in [2.75, 3.05) is 19.6 Å². The molecule has 2 atom stereocenters. The van der Waals surface area contributed by atoms with Gasteiger partial charge in [0.15, 0.2) is 0 Å². The van der Waals surface area contributed by atoms with Gasteiger partial charge in [0.05, 0.1) is 5.60 Å². The standard InChI is InChI=1S/C22H33NO2/c24-20-7-4-6-17(14-20)21-18-8-9-19(21)16-23(15-18)13-5-12-22(25)10-2-1-3-11-22/h4,6-7,14,18-19,21,24-25H,1-3,5,8-13,15-16H2. The summed E-state index contributed by atoms with van der Waals surface area (Å²) >= 11 is 0. The second-order valence-electron chi connectivity index (χ2n) is 8.87. The number of nitrogens with zero attached hydrogens (tertiary/aromatic N) is 1. The van der Waals surface area contributed by atoms with Crippen LogP contribution in [-0.2, 0) is 0 Å². The first-order chi connectivity index (χ1) is 12.1. The lowest BCUT2D eigenvalue weighted by Crippen LogP contribution is -2.42. The first-order valence-electron chi connectivity index (χ1n) is 10.4. The van der Waals surface area contributed by atoms with Crippen molar-refractivity contribution < 1.29 is 10.2 Å². The fourth-order valence-corrected chi connectivity index (χ4v) is 5.87. The topological polar surface area (TPSA) is 43.7 Å². The van der Waals surface area contributed by atoms with Crippen LogP contribution in [0, 0.1) is 11.8 Å². The molecule has 0 spiro atoms. The summed E-state index contributed by atoms with van der Waals surface area (Å²) in [6.45, 7) is 3.52. The minimum absolute atomic E-state index is 0.364. The first-order valence-corrected chi connectivity index (χ1v) is 10.4. The lowest BCUT2D eigenvalue weighted by Gasteiger charge is -2.39. The maximum atomic E-state index is 10.7. The van der Waals surface area contributed by atoms with Crippen LogP contribution in [0.1, 0.15) is 69.3 Å². The second kappa shape index (κ2) is 7.28.